The van der Waals surface area contributed by atoms with Crippen LogP contribution in [0.1, 0.15) is 18.9 Å². The number of carbonyl (C=O) groups excluding carboxylic acids is 1. The highest BCUT2D eigenvalue weighted by Gasteiger charge is 2.21. The van der Waals surface area contributed by atoms with Crippen molar-refractivity contribution in [3.8, 4) is 0 Å². The van der Waals surface area contributed by atoms with Gasteiger partial charge in [0.25, 0.3) is 0 Å². The van der Waals surface area contributed by atoms with Crippen LogP contribution in [0.15, 0.2) is 41.8 Å². The Hall–Kier alpha value is -1.26. The first-order chi connectivity index (χ1) is 8.77. The largest absolute Gasteiger partial charge is 0.314 e. The average Bonchev–Trinajstić information content (AvgIpc) is 2.65. The molecule has 0 aromatic heterocycles. The molecule has 1 N–H and O–H groups in total. The highest BCUT2D eigenvalue weighted by Crippen LogP contribution is 2.20. The van der Waals surface area contributed by atoms with Crippen molar-refractivity contribution in [2.24, 2.45) is 0 Å². The van der Waals surface area contributed by atoms with Gasteiger partial charge in [0, 0.05) is 20.0 Å². The number of benzene rings is 1. The minimum absolute atomic E-state index is 0.0291. The summed E-state index contributed by atoms with van der Waals surface area (Å²) in [5, 5.41) is 5.46. The molecule has 1 aromatic rings. The van der Waals surface area contributed by atoms with Gasteiger partial charge in [-0.3, -0.25) is 10.1 Å². The normalized spacial score (nSPS) is 19.3. The quantitative estimate of drug-likeness (QED) is 0.908. The van der Waals surface area contributed by atoms with E-state index in [1.807, 2.05) is 35.2 Å². The van der Waals surface area contributed by atoms with Gasteiger partial charge in [-0.1, -0.05) is 48.2 Å². The average molecular weight is 262 g/mol. The Morgan fingerprint density at radius 3 is 2.94 bits per heavy atom. The first-order valence-corrected chi connectivity index (χ1v) is 7.06. The zero-order chi connectivity index (χ0) is 12.8. The van der Waals surface area contributed by atoms with Crippen LogP contribution in [0.5, 0.6) is 0 Å². The van der Waals surface area contributed by atoms with Crippen LogP contribution in [-0.2, 0) is 11.3 Å². The highest BCUT2D eigenvalue weighted by atomic mass is 32.2. The summed E-state index contributed by atoms with van der Waals surface area (Å²) in [4.78, 5) is 13.7. The molecule has 0 saturated carbocycles. The lowest BCUT2D eigenvalue weighted by atomic mass is 10.2. The molecule has 4 heteroatoms. The molecule has 1 aliphatic rings. The van der Waals surface area contributed by atoms with E-state index >= 15 is 0 Å². The van der Waals surface area contributed by atoms with Crippen molar-refractivity contribution in [1.82, 2.24) is 10.2 Å². The van der Waals surface area contributed by atoms with Crippen LogP contribution in [0, 0.1) is 0 Å². The SMILES string of the molecule is CC(=O)N(Cc1ccccc1)C1NCCC=CS1. The Balaban J connectivity index is 2.08. The molecule has 2 rings (SSSR count). The van der Waals surface area contributed by atoms with Gasteiger partial charge in [0.1, 0.15) is 5.50 Å². The summed E-state index contributed by atoms with van der Waals surface area (Å²) in [6.45, 7) is 3.18. The molecular formula is C14H18N2OS. The van der Waals surface area contributed by atoms with Gasteiger partial charge in [-0.05, 0) is 17.4 Å². The maximum Gasteiger partial charge on any atom is 0.221 e. The van der Waals surface area contributed by atoms with Gasteiger partial charge >= 0.3 is 0 Å². The fourth-order valence-corrected chi connectivity index (χ4v) is 2.84. The molecule has 0 saturated heterocycles. The third-order valence-corrected chi connectivity index (χ3v) is 3.85. The van der Waals surface area contributed by atoms with Crippen molar-refractivity contribution in [3.63, 3.8) is 0 Å². The van der Waals surface area contributed by atoms with Gasteiger partial charge < -0.3 is 4.90 Å². The number of rotatable bonds is 3. The van der Waals surface area contributed by atoms with E-state index in [0.717, 1.165) is 18.5 Å². The first-order valence-electron chi connectivity index (χ1n) is 6.12. The van der Waals surface area contributed by atoms with Crippen molar-refractivity contribution in [2.75, 3.05) is 6.54 Å². The topological polar surface area (TPSA) is 32.3 Å². The molecule has 1 aromatic carbocycles. The molecule has 18 heavy (non-hydrogen) atoms. The minimum Gasteiger partial charge on any atom is -0.314 e. The summed E-state index contributed by atoms with van der Waals surface area (Å²) >= 11 is 1.65. The lowest BCUT2D eigenvalue weighted by Crippen LogP contribution is -2.45. The monoisotopic (exact) mass is 262 g/mol. The molecule has 1 unspecified atom stereocenters. The number of hydrogen-bond donors (Lipinski definition) is 1. The fourth-order valence-electron chi connectivity index (χ4n) is 1.86. The fraction of sp³-hybridized carbons (Fsp3) is 0.357. The van der Waals surface area contributed by atoms with Gasteiger partial charge in [0.05, 0.1) is 0 Å². The van der Waals surface area contributed by atoms with E-state index in [2.05, 4.69) is 16.8 Å². The smallest absolute Gasteiger partial charge is 0.221 e. The standard InChI is InChI=1S/C14H18N2OS/c1-12(17)16(11-13-7-3-2-4-8-13)14-15-9-5-6-10-18-14/h2-4,6-8,10,14-15H,5,9,11H2,1H3. The summed E-state index contributed by atoms with van der Waals surface area (Å²) in [5.74, 6) is 0.0964. The second kappa shape index (κ2) is 6.61. The van der Waals surface area contributed by atoms with E-state index in [9.17, 15) is 4.79 Å². The van der Waals surface area contributed by atoms with E-state index in [-0.39, 0.29) is 11.4 Å². The van der Waals surface area contributed by atoms with Crippen LogP contribution in [-0.4, -0.2) is 22.8 Å². The minimum atomic E-state index is 0.0291. The van der Waals surface area contributed by atoms with Gasteiger partial charge in [-0.25, -0.2) is 0 Å². The van der Waals surface area contributed by atoms with Gasteiger partial charge in [0.15, 0.2) is 0 Å². The van der Waals surface area contributed by atoms with E-state index in [1.54, 1.807) is 18.7 Å². The molecule has 96 valence electrons. The molecule has 0 aliphatic carbocycles. The Morgan fingerprint density at radius 2 is 2.22 bits per heavy atom. The van der Waals surface area contributed by atoms with Crippen LogP contribution >= 0.6 is 11.8 Å². The van der Waals surface area contributed by atoms with Crippen molar-refractivity contribution in [2.45, 2.75) is 25.4 Å². The maximum absolute atomic E-state index is 11.8. The van der Waals surface area contributed by atoms with Crippen molar-refractivity contribution >= 4 is 17.7 Å². The molecule has 0 fully saturated rings. The van der Waals surface area contributed by atoms with Crippen molar-refractivity contribution < 1.29 is 4.79 Å². The maximum atomic E-state index is 11.8. The van der Waals surface area contributed by atoms with Crippen LogP contribution in [0.4, 0.5) is 0 Å². The number of carbonyl (C=O) groups is 1. The Bertz CT molecular complexity index is 419. The van der Waals surface area contributed by atoms with Crippen molar-refractivity contribution in [3.05, 3.63) is 47.4 Å². The summed E-state index contributed by atoms with van der Waals surface area (Å²) in [6.07, 6.45) is 3.15. The predicted octanol–water partition coefficient (Wildman–Crippen LogP) is 2.56. The second-order valence-corrected chi connectivity index (χ2v) is 5.23. The zero-order valence-electron chi connectivity index (χ0n) is 10.5. The first kappa shape index (κ1) is 13.2. The Labute approximate surface area is 112 Å². The lowest BCUT2D eigenvalue weighted by molar-refractivity contribution is -0.130. The van der Waals surface area contributed by atoms with Gasteiger partial charge in [-0.15, -0.1) is 0 Å². The second-order valence-electron chi connectivity index (χ2n) is 4.24. The van der Waals surface area contributed by atoms with Crippen LogP contribution in [0.3, 0.4) is 0 Å². The van der Waals surface area contributed by atoms with Gasteiger partial charge in [-0.2, -0.15) is 0 Å². The third-order valence-electron chi connectivity index (χ3n) is 2.82. The zero-order valence-corrected chi connectivity index (χ0v) is 11.3. The Kier molecular flexibility index (Phi) is 4.84. The molecule has 1 heterocycles. The van der Waals surface area contributed by atoms with E-state index in [0.29, 0.717) is 6.54 Å². The number of nitrogens with one attached hydrogen (secondary N) is 1. The summed E-state index contributed by atoms with van der Waals surface area (Å²) in [7, 11) is 0. The van der Waals surface area contributed by atoms with Gasteiger partial charge in [0.2, 0.25) is 5.91 Å². The van der Waals surface area contributed by atoms with Crippen molar-refractivity contribution in [1.29, 1.82) is 0 Å². The molecule has 0 spiro atoms. The molecule has 1 atom stereocenters. The summed E-state index contributed by atoms with van der Waals surface area (Å²) in [6, 6.07) is 10.1. The Morgan fingerprint density at radius 1 is 1.44 bits per heavy atom. The number of nitrogens with zero attached hydrogens (tertiary/aromatic N) is 1. The molecule has 3 nitrogen and oxygen atoms in total. The number of hydrogen-bond acceptors (Lipinski definition) is 3. The van der Waals surface area contributed by atoms with E-state index < -0.39 is 0 Å². The number of amides is 1. The molecule has 0 radical (unpaired) electrons. The molecule has 1 aliphatic heterocycles. The third kappa shape index (κ3) is 3.62. The number of thioether (sulfide) groups is 1. The van der Waals surface area contributed by atoms with E-state index in [4.69, 9.17) is 0 Å². The van der Waals surface area contributed by atoms with E-state index in [1.165, 1.54) is 0 Å². The molecule has 1 amide bonds. The lowest BCUT2D eigenvalue weighted by Gasteiger charge is -2.29. The predicted molar refractivity (Wildman–Crippen MR) is 75.8 cm³/mol. The molecule has 0 bridgehead atoms. The summed E-state index contributed by atoms with van der Waals surface area (Å²) < 4.78 is 0. The highest BCUT2D eigenvalue weighted by molar-refractivity contribution is 8.02. The van der Waals surface area contributed by atoms with Crippen LogP contribution in [0.25, 0.3) is 0 Å². The molecular weight excluding hydrogens is 244 g/mol. The summed E-state index contributed by atoms with van der Waals surface area (Å²) in [5.41, 5.74) is 1.18. The van der Waals surface area contributed by atoms with Crippen LogP contribution < -0.4 is 5.32 Å². The van der Waals surface area contributed by atoms with Crippen LogP contribution in [0.2, 0.25) is 0 Å².